The number of hydrogen-bond acceptors (Lipinski definition) is 5. The number of guanidine groups is 1. The first kappa shape index (κ1) is 21.6. The van der Waals surface area contributed by atoms with Gasteiger partial charge in [0.25, 0.3) is 0 Å². The fraction of sp³-hybridized carbons (Fsp3) is 0.667. The topological polar surface area (TPSA) is 55.8 Å². The second kappa shape index (κ2) is 11.2. The number of hydrogen-bond donors (Lipinski definition) is 2. The molecule has 146 valence electrons. The van der Waals surface area contributed by atoms with Crippen molar-refractivity contribution in [3.05, 3.63) is 23.9 Å². The highest BCUT2D eigenvalue weighted by atomic mass is 127. The number of aromatic nitrogens is 1. The van der Waals surface area contributed by atoms with Gasteiger partial charge in [0, 0.05) is 57.8 Å². The summed E-state index contributed by atoms with van der Waals surface area (Å²) in [4.78, 5) is 13.7. The summed E-state index contributed by atoms with van der Waals surface area (Å²) in [6.07, 6.45) is 4.63. The van der Waals surface area contributed by atoms with Crippen LogP contribution in [0.5, 0.6) is 0 Å². The molecule has 0 amide bonds. The lowest BCUT2D eigenvalue weighted by Gasteiger charge is -2.33. The number of piperazine rings is 1. The third-order valence-corrected chi connectivity index (χ3v) is 6.24. The largest absolute Gasteiger partial charge is 0.355 e. The number of nitrogens with one attached hydrogen (secondary N) is 2. The Labute approximate surface area is 178 Å². The molecule has 1 aromatic rings. The predicted molar refractivity (Wildman–Crippen MR) is 123 cm³/mol. The average Bonchev–Trinajstić information content (AvgIpc) is 3.17. The van der Waals surface area contributed by atoms with E-state index in [-0.39, 0.29) is 24.0 Å². The summed E-state index contributed by atoms with van der Waals surface area (Å²) >= 11 is 2.06. The van der Waals surface area contributed by atoms with Gasteiger partial charge in [-0.2, -0.15) is 11.8 Å². The lowest BCUT2D eigenvalue weighted by atomic mass is 10.2. The Kier molecular flexibility index (Phi) is 9.27. The van der Waals surface area contributed by atoms with Gasteiger partial charge in [0.1, 0.15) is 5.82 Å². The van der Waals surface area contributed by atoms with Gasteiger partial charge in [-0.3, -0.25) is 4.99 Å². The van der Waals surface area contributed by atoms with Gasteiger partial charge in [-0.05, 0) is 37.3 Å². The third-order valence-electron chi connectivity index (χ3n) is 4.84. The molecule has 0 aromatic carbocycles. The van der Waals surface area contributed by atoms with E-state index in [2.05, 4.69) is 61.4 Å². The molecule has 1 aromatic heterocycles. The van der Waals surface area contributed by atoms with Crippen molar-refractivity contribution in [2.45, 2.75) is 24.6 Å². The Morgan fingerprint density at radius 1 is 1.27 bits per heavy atom. The van der Waals surface area contributed by atoms with E-state index in [9.17, 15) is 0 Å². The van der Waals surface area contributed by atoms with E-state index in [4.69, 9.17) is 0 Å². The van der Waals surface area contributed by atoms with Crippen LogP contribution in [0.25, 0.3) is 0 Å². The summed E-state index contributed by atoms with van der Waals surface area (Å²) < 4.78 is 0. The van der Waals surface area contributed by atoms with Crippen molar-refractivity contribution in [3.63, 3.8) is 0 Å². The molecule has 3 heterocycles. The molecule has 1 atom stereocenters. The quantitative estimate of drug-likeness (QED) is 0.374. The Morgan fingerprint density at radius 3 is 2.69 bits per heavy atom. The van der Waals surface area contributed by atoms with Gasteiger partial charge in [-0.25, -0.2) is 4.98 Å². The molecule has 0 radical (unpaired) electrons. The van der Waals surface area contributed by atoms with Crippen molar-refractivity contribution in [3.8, 4) is 0 Å². The lowest BCUT2D eigenvalue weighted by molar-refractivity contribution is 0.312. The molecule has 0 spiro atoms. The van der Waals surface area contributed by atoms with Crippen LogP contribution in [0.3, 0.4) is 0 Å². The van der Waals surface area contributed by atoms with Crippen LogP contribution < -0.4 is 15.5 Å². The molecule has 6 nitrogen and oxygen atoms in total. The van der Waals surface area contributed by atoms with Crippen molar-refractivity contribution < 1.29 is 0 Å². The van der Waals surface area contributed by atoms with E-state index in [0.29, 0.717) is 0 Å². The first-order chi connectivity index (χ1) is 12.2. The number of aliphatic imine (C=N–C) groups is 1. The number of anilines is 1. The Morgan fingerprint density at radius 2 is 2.08 bits per heavy atom. The Balaban J connectivity index is 0.00000243. The number of rotatable bonds is 5. The van der Waals surface area contributed by atoms with Crippen LogP contribution in [0.4, 0.5) is 5.82 Å². The summed E-state index contributed by atoms with van der Waals surface area (Å²) in [5.74, 6) is 3.25. The van der Waals surface area contributed by atoms with Crippen LogP contribution >= 0.6 is 35.7 Å². The summed E-state index contributed by atoms with van der Waals surface area (Å²) in [6, 6.07) is 4.29. The lowest BCUT2D eigenvalue weighted by Crippen LogP contribution is -2.44. The zero-order chi connectivity index (χ0) is 17.5. The normalized spacial score (nSPS) is 21.4. The highest BCUT2D eigenvalue weighted by Gasteiger charge is 2.16. The molecule has 1 unspecified atom stereocenters. The first-order valence-corrected chi connectivity index (χ1v) is 10.2. The maximum absolute atomic E-state index is 4.64. The minimum absolute atomic E-state index is 0. The van der Waals surface area contributed by atoms with Gasteiger partial charge in [-0.15, -0.1) is 24.0 Å². The average molecular weight is 490 g/mol. The Bertz CT molecular complexity index is 553. The summed E-state index contributed by atoms with van der Waals surface area (Å²) in [6.45, 7) is 6.05. The maximum Gasteiger partial charge on any atom is 0.191 e. The van der Waals surface area contributed by atoms with Crippen molar-refractivity contribution in [2.75, 3.05) is 57.5 Å². The number of thioether (sulfide) groups is 1. The molecule has 26 heavy (non-hydrogen) atoms. The van der Waals surface area contributed by atoms with Crippen molar-refractivity contribution in [2.24, 2.45) is 4.99 Å². The smallest absolute Gasteiger partial charge is 0.191 e. The van der Waals surface area contributed by atoms with Gasteiger partial charge in [0.15, 0.2) is 5.96 Å². The molecule has 2 aliphatic heterocycles. The van der Waals surface area contributed by atoms with Gasteiger partial charge >= 0.3 is 0 Å². The van der Waals surface area contributed by atoms with Crippen LogP contribution in [0.2, 0.25) is 0 Å². The summed E-state index contributed by atoms with van der Waals surface area (Å²) in [5, 5.41) is 7.54. The van der Waals surface area contributed by atoms with Gasteiger partial charge in [-0.1, -0.05) is 6.07 Å². The molecule has 8 heteroatoms. The van der Waals surface area contributed by atoms with E-state index in [1.54, 1.807) is 0 Å². The van der Waals surface area contributed by atoms with Crippen LogP contribution in [0.1, 0.15) is 18.4 Å². The second-order valence-corrected chi connectivity index (χ2v) is 8.16. The standard InChI is InChI=1S/C18H30N6S.HI/c1-19-18(22-14-16-4-3-11-25-16)21-13-15-5-6-17(20-12-15)24-9-7-23(2)8-10-24;/h5-6,12,16H,3-4,7-11,13-14H2,1-2H3,(H2,19,21,22);1H. The zero-order valence-electron chi connectivity index (χ0n) is 15.8. The summed E-state index contributed by atoms with van der Waals surface area (Å²) in [5.41, 5.74) is 1.18. The molecule has 0 aliphatic carbocycles. The number of halogens is 1. The van der Waals surface area contributed by atoms with Crippen molar-refractivity contribution >= 4 is 47.5 Å². The maximum atomic E-state index is 4.64. The molecular weight excluding hydrogens is 459 g/mol. The number of likely N-dealkylation sites (N-methyl/N-ethyl adjacent to an activating group) is 1. The Hall–Kier alpha value is -0.740. The van der Waals surface area contributed by atoms with E-state index in [1.807, 2.05) is 13.2 Å². The summed E-state index contributed by atoms with van der Waals surface area (Å²) in [7, 11) is 4.00. The monoisotopic (exact) mass is 490 g/mol. The van der Waals surface area contributed by atoms with E-state index < -0.39 is 0 Å². The van der Waals surface area contributed by atoms with Crippen molar-refractivity contribution in [1.29, 1.82) is 0 Å². The van der Waals surface area contributed by atoms with E-state index in [1.165, 1.54) is 24.2 Å². The number of pyridine rings is 1. The molecular formula is C18H31IN6S. The molecule has 0 bridgehead atoms. The highest BCUT2D eigenvalue weighted by Crippen LogP contribution is 2.25. The predicted octanol–water partition coefficient (Wildman–Crippen LogP) is 2.01. The van der Waals surface area contributed by atoms with E-state index >= 15 is 0 Å². The molecule has 2 saturated heterocycles. The van der Waals surface area contributed by atoms with Crippen LogP contribution in [-0.2, 0) is 6.54 Å². The van der Waals surface area contributed by atoms with Crippen LogP contribution in [0.15, 0.2) is 23.3 Å². The highest BCUT2D eigenvalue weighted by molar-refractivity contribution is 14.0. The van der Waals surface area contributed by atoms with Gasteiger partial charge < -0.3 is 20.4 Å². The van der Waals surface area contributed by atoms with Gasteiger partial charge in [0.2, 0.25) is 0 Å². The molecule has 2 fully saturated rings. The first-order valence-electron chi connectivity index (χ1n) is 9.19. The minimum Gasteiger partial charge on any atom is -0.355 e. The molecule has 3 rings (SSSR count). The SMILES string of the molecule is CN=C(NCc1ccc(N2CCN(C)CC2)nc1)NCC1CCCS1.I. The fourth-order valence-corrected chi connectivity index (χ4v) is 4.37. The van der Waals surface area contributed by atoms with Crippen molar-refractivity contribution in [1.82, 2.24) is 20.5 Å². The van der Waals surface area contributed by atoms with Crippen LogP contribution in [0, 0.1) is 0 Å². The fourth-order valence-electron chi connectivity index (χ4n) is 3.17. The molecule has 2 N–H and O–H groups in total. The van der Waals surface area contributed by atoms with Gasteiger partial charge in [0.05, 0.1) is 0 Å². The van der Waals surface area contributed by atoms with Crippen LogP contribution in [-0.4, -0.2) is 73.7 Å². The molecule has 2 aliphatic rings. The van der Waals surface area contributed by atoms with E-state index in [0.717, 1.165) is 56.3 Å². The number of nitrogens with zero attached hydrogens (tertiary/aromatic N) is 4. The minimum atomic E-state index is 0. The second-order valence-electron chi connectivity index (χ2n) is 6.76. The molecule has 0 saturated carbocycles. The zero-order valence-corrected chi connectivity index (χ0v) is 18.9. The third kappa shape index (κ3) is 6.45.